The molecule has 3 rings (SSSR count). The third kappa shape index (κ3) is 2.69. The smallest absolute Gasteiger partial charge is 0.252 e. The van der Waals surface area contributed by atoms with Crippen LogP contribution in [0.3, 0.4) is 0 Å². The maximum Gasteiger partial charge on any atom is 0.252 e. The van der Waals surface area contributed by atoms with E-state index in [1.54, 1.807) is 0 Å². The Bertz CT molecular complexity index is 657. The zero-order valence-electron chi connectivity index (χ0n) is 12.2. The monoisotopic (exact) mass is 301 g/mol. The molecule has 0 bridgehead atoms. The number of fused-ring (bicyclic) bond motifs is 1. The van der Waals surface area contributed by atoms with Gasteiger partial charge in [-0.25, -0.2) is 0 Å². The fourth-order valence-electron chi connectivity index (χ4n) is 2.91. The molecule has 2 aromatic carbocycles. The molecule has 0 saturated heterocycles. The van der Waals surface area contributed by atoms with Crippen LogP contribution in [0.2, 0.25) is 0 Å². The molecule has 0 radical (unpaired) electrons. The summed E-state index contributed by atoms with van der Waals surface area (Å²) in [5.41, 5.74) is 2.36. The fourth-order valence-corrected chi connectivity index (χ4v) is 5.47. The second-order valence-electron chi connectivity index (χ2n) is 5.16. The van der Waals surface area contributed by atoms with Crippen LogP contribution in [0.15, 0.2) is 54.6 Å². The average molecular weight is 301 g/mol. The number of hydrogen-bond acceptors (Lipinski definition) is 3. The molecule has 4 heteroatoms. The number of nitrogens with one attached hydrogen (secondary N) is 1. The number of benzene rings is 2. The van der Waals surface area contributed by atoms with E-state index in [9.17, 15) is 4.57 Å². The van der Waals surface area contributed by atoms with E-state index in [0.717, 1.165) is 23.8 Å². The molecule has 0 spiro atoms. The van der Waals surface area contributed by atoms with E-state index in [4.69, 9.17) is 4.52 Å². The third-order valence-corrected chi connectivity index (χ3v) is 6.66. The summed E-state index contributed by atoms with van der Waals surface area (Å²) >= 11 is 0. The molecular formula is C17H20NO2P. The lowest BCUT2D eigenvalue weighted by molar-refractivity contribution is 0.326. The molecule has 1 aliphatic rings. The summed E-state index contributed by atoms with van der Waals surface area (Å²) in [6.07, 6.45) is 0.966. The van der Waals surface area contributed by atoms with Crippen LogP contribution in [0.1, 0.15) is 23.8 Å². The van der Waals surface area contributed by atoms with Gasteiger partial charge < -0.3 is 9.84 Å². The molecular weight excluding hydrogens is 281 g/mol. The maximum absolute atomic E-state index is 13.6. The van der Waals surface area contributed by atoms with Crippen molar-refractivity contribution in [2.75, 3.05) is 13.2 Å². The van der Waals surface area contributed by atoms with Gasteiger partial charge in [0.25, 0.3) is 7.37 Å². The van der Waals surface area contributed by atoms with Gasteiger partial charge in [-0.15, -0.1) is 0 Å². The molecule has 21 heavy (non-hydrogen) atoms. The highest BCUT2D eigenvalue weighted by Crippen LogP contribution is 2.58. The Labute approximate surface area is 125 Å². The van der Waals surface area contributed by atoms with Crippen LogP contribution in [0.5, 0.6) is 0 Å². The largest absolute Gasteiger partial charge is 0.324 e. The van der Waals surface area contributed by atoms with Crippen molar-refractivity contribution < 1.29 is 9.09 Å². The van der Waals surface area contributed by atoms with E-state index >= 15 is 0 Å². The summed E-state index contributed by atoms with van der Waals surface area (Å²) < 4.78 is 19.5. The van der Waals surface area contributed by atoms with E-state index in [0.29, 0.717) is 6.61 Å². The Kier molecular flexibility index (Phi) is 4.25. The van der Waals surface area contributed by atoms with Crippen LogP contribution in [0, 0.1) is 0 Å². The van der Waals surface area contributed by atoms with Gasteiger partial charge in [-0.2, -0.15) is 0 Å². The van der Waals surface area contributed by atoms with Crippen molar-refractivity contribution in [2.45, 2.75) is 19.1 Å². The van der Waals surface area contributed by atoms with Gasteiger partial charge in [-0.1, -0.05) is 42.5 Å². The second kappa shape index (κ2) is 6.15. The van der Waals surface area contributed by atoms with Gasteiger partial charge >= 0.3 is 0 Å². The molecule has 1 N–H and O–H groups in total. The summed E-state index contributed by atoms with van der Waals surface area (Å²) in [6, 6.07) is 17.8. The quantitative estimate of drug-likeness (QED) is 0.879. The standard InChI is InChI=1S/C17H20NO2P/c1-2-20-21(19,15-9-4-3-5-10-15)17-16-11-7-6-8-14(16)12-13-18-17/h3-11,17-18H,2,12-13H2,1H3. The highest BCUT2D eigenvalue weighted by Gasteiger charge is 2.39. The molecule has 0 saturated carbocycles. The maximum atomic E-state index is 13.6. The Morgan fingerprint density at radius 1 is 1.14 bits per heavy atom. The van der Waals surface area contributed by atoms with Crippen LogP contribution in [-0.2, 0) is 15.5 Å². The van der Waals surface area contributed by atoms with E-state index < -0.39 is 7.37 Å². The first-order chi connectivity index (χ1) is 10.3. The normalized spacial score (nSPS) is 20.5. The van der Waals surface area contributed by atoms with Gasteiger partial charge in [0.1, 0.15) is 5.78 Å². The van der Waals surface area contributed by atoms with Crippen molar-refractivity contribution in [3.63, 3.8) is 0 Å². The van der Waals surface area contributed by atoms with Crippen molar-refractivity contribution in [2.24, 2.45) is 0 Å². The summed E-state index contributed by atoms with van der Waals surface area (Å²) in [5.74, 6) is -0.259. The Morgan fingerprint density at radius 3 is 2.62 bits per heavy atom. The lowest BCUT2D eigenvalue weighted by atomic mass is 10.0. The molecule has 2 aromatic rings. The first-order valence-electron chi connectivity index (χ1n) is 7.37. The van der Waals surface area contributed by atoms with Crippen molar-refractivity contribution in [1.29, 1.82) is 0 Å². The molecule has 0 fully saturated rings. The third-order valence-electron chi connectivity index (χ3n) is 3.86. The van der Waals surface area contributed by atoms with Gasteiger partial charge in [-0.05, 0) is 36.6 Å². The van der Waals surface area contributed by atoms with Crippen molar-refractivity contribution in [3.05, 3.63) is 65.7 Å². The van der Waals surface area contributed by atoms with Gasteiger partial charge in [-0.3, -0.25) is 4.57 Å². The van der Waals surface area contributed by atoms with Crippen molar-refractivity contribution in [3.8, 4) is 0 Å². The Balaban J connectivity index is 2.09. The summed E-state index contributed by atoms with van der Waals surface area (Å²) in [5, 5.41) is 4.19. The second-order valence-corrected chi connectivity index (χ2v) is 7.64. The molecule has 3 nitrogen and oxygen atoms in total. The predicted molar refractivity (Wildman–Crippen MR) is 86.2 cm³/mol. The lowest BCUT2D eigenvalue weighted by Crippen LogP contribution is -2.32. The zero-order chi connectivity index (χ0) is 14.7. The van der Waals surface area contributed by atoms with E-state index in [1.165, 1.54) is 5.56 Å². The Morgan fingerprint density at radius 2 is 1.86 bits per heavy atom. The predicted octanol–water partition coefficient (Wildman–Crippen LogP) is 3.47. The lowest BCUT2D eigenvalue weighted by Gasteiger charge is -2.33. The number of hydrogen-bond donors (Lipinski definition) is 1. The number of rotatable bonds is 4. The average Bonchev–Trinajstić information content (AvgIpc) is 2.55. The van der Waals surface area contributed by atoms with Crippen LogP contribution in [0.4, 0.5) is 0 Å². The molecule has 0 amide bonds. The van der Waals surface area contributed by atoms with Crippen LogP contribution < -0.4 is 10.6 Å². The first-order valence-corrected chi connectivity index (χ1v) is 9.06. The molecule has 1 heterocycles. The van der Waals surface area contributed by atoms with E-state index in [2.05, 4.69) is 17.4 Å². The van der Waals surface area contributed by atoms with Gasteiger partial charge in [0.2, 0.25) is 0 Å². The SMILES string of the molecule is CCOP(=O)(c1ccccc1)C1NCCc2ccccc21. The van der Waals surface area contributed by atoms with Crippen LogP contribution in [0.25, 0.3) is 0 Å². The van der Waals surface area contributed by atoms with Crippen LogP contribution in [-0.4, -0.2) is 13.2 Å². The van der Waals surface area contributed by atoms with E-state index in [-0.39, 0.29) is 5.78 Å². The molecule has 1 aliphatic heterocycles. The minimum Gasteiger partial charge on any atom is -0.324 e. The fraction of sp³-hybridized carbons (Fsp3) is 0.294. The molecule has 2 unspecified atom stereocenters. The zero-order valence-corrected chi connectivity index (χ0v) is 13.1. The summed E-state index contributed by atoms with van der Waals surface area (Å²) in [4.78, 5) is 0. The minimum absolute atomic E-state index is 0.259. The van der Waals surface area contributed by atoms with Gasteiger partial charge in [0.15, 0.2) is 0 Å². The minimum atomic E-state index is -2.99. The Hall–Kier alpha value is -1.41. The topological polar surface area (TPSA) is 38.3 Å². The summed E-state index contributed by atoms with van der Waals surface area (Å²) in [7, 11) is -2.99. The highest BCUT2D eigenvalue weighted by atomic mass is 31.2. The van der Waals surface area contributed by atoms with Crippen LogP contribution >= 0.6 is 7.37 Å². The molecule has 2 atom stereocenters. The first kappa shape index (κ1) is 14.5. The summed E-state index contributed by atoms with van der Waals surface area (Å²) in [6.45, 7) is 3.16. The van der Waals surface area contributed by atoms with Crippen molar-refractivity contribution in [1.82, 2.24) is 5.32 Å². The molecule has 110 valence electrons. The molecule has 0 aliphatic carbocycles. The highest BCUT2D eigenvalue weighted by molar-refractivity contribution is 7.67. The van der Waals surface area contributed by atoms with Crippen molar-refractivity contribution >= 4 is 12.7 Å². The van der Waals surface area contributed by atoms with Gasteiger partial charge in [0.05, 0.1) is 6.61 Å². The molecule has 0 aromatic heterocycles. The van der Waals surface area contributed by atoms with Gasteiger partial charge in [0, 0.05) is 11.8 Å². The van der Waals surface area contributed by atoms with E-state index in [1.807, 2.05) is 49.4 Å².